The first kappa shape index (κ1) is 14.1. The van der Waals surface area contributed by atoms with Gasteiger partial charge >= 0.3 is 0 Å². The summed E-state index contributed by atoms with van der Waals surface area (Å²) in [7, 11) is -2.31. The molecule has 2 heterocycles. The molecule has 0 bridgehead atoms. The highest BCUT2D eigenvalue weighted by Crippen LogP contribution is 2.32. The van der Waals surface area contributed by atoms with Gasteiger partial charge < -0.3 is 14.7 Å². The molecule has 8 nitrogen and oxygen atoms in total. The SMILES string of the molecule is Cn1cnc(S(=O)(=O)Nc2c(C(N)=O)oc3ccccc23)c1. The van der Waals surface area contributed by atoms with Crippen LogP contribution in [0.3, 0.4) is 0 Å². The van der Waals surface area contributed by atoms with Gasteiger partial charge in [0.15, 0.2) is 5.03 Å². The topological polar surface area (TPSA) is 120 Å². The first-order valence-corrected chi connectivity index (χ1v) is 7.69. The highest BCUT2D eigenvalue weighted by Gasteiger charge is 2.25. The Hall–Kier alpha value is -2.81. The van der Waals surface area contributed by atoms with Gasteiger partial charge in [-0.1, -0.05) is 12.1 Å². The molecule has 3 aromatic rings. The number of fused-ring (bicyclic) bond motifs is 1. The monoisotopic (exact) mass is 320 g/mol. The molecule has 0 unspecified atom stereocenters. The fourth-order valence-electron chi connectivity index (χ4n) is 2.03. The van der Waals surface area contributed by atoms with Crippen LogP contribution in [0.2, 0.25) is 0 Å². The van der Waals surface area contributed by atoms with Crippen molar-refractivity contribution in [2.45, 2.75) is 5.03 Å². The van der Waals surface area contributed by atoms with E-state index in [9.17, 15) is 13.2 Å². The minimum Gasteiger partial charge on any atom is -0.449 e. The lowest BCUT2D eigenvalue weighted by Crippen LogP contribution is -2.17. The second-order valence-corrected chi connectivity index (χ2v) is 6.28. The zero-order valence-corrected chi connectivity index (χ0v) is 12.3. The van der Waals surface area contributed by atoms with Crippen LogP contribution in [0.1, 0.15) is 10.6 Å². The van der Waals surface area contributed by atoms with Gasteiger partial charge in [-0.15, -0.1) is 0 Å². The van der Waals surface area contributed by atoms with E-state index in [1.165, 1.54) is 17.1 Å². The molecule has 0 aliphatic heterocycles. The third-order valence-corrected chi connectivity index (χ3v) is 4.25. The Balaban J connectivity index is 2.14. The molecule has 3 rings (SSSR count). The van der Waals surface area contributed by atoms with Crippen LogP contribution in [0.15, 0.2) is 46.2 Å². The van der Waals surface area contributed by atoms with Crippen LogP contribution < -0.4 is 10.5 Å². The number of imidazole rings is 1. The molecule has 0 saturated heterocycles. The third-order valence-electron chi connectivity index (χ3n) is 3.01. The predicted molar refractivity (Wildman–Crippen MR) is 78.7 cm³/mol. The van der Waals surface area contributed by atoms with Crippen molar-refractivity contribution in [3.8, 4) is 0 Å². The summed E-state index contributed by atoms with van der Waals surface area (Å²) >= 11 is 0. The number of primary amides is 1. The highest BCUT2D eigenvalue weighted by atomic mass is 32.2. The van der Waals surface area contributed by atoms with Crippen LogP contribution in [0.5, 0.6) is 0 Å². The molecule has 22 heavy (non-hydrogen) atoms. The lowest BCUT2D eigenvalue weighted by molar-refractivity contribution is 0.0977. The largest absolute Gasteiger partial charge is 0.449 e. The zero-order chi connectivity index (χ0) is 15.9. The second kappa shape index (κ2) is 4.88. The number of hydrogen-bond donors (Lipinski definition) is 2. The minimum absolute atomic E-state index is 0.00810. The number of rotatable bonds is 4. The van der Waals surface area contributed by atoms with E-state index in [4.69, 9.17) is 10.2 Å². The molecule has 0 saturated carbocycles. The molecule has 0 fully saturated rings. The Kier molecular flexibility index (Phi) is 3.14. The van der Waals surface area contributed by atoms with Crippen molar-refractivity contribution < 1.29 is 17.6 Å². The van der Waals surface area contributed by atoms with E-state index in [-0.39, 0.29) is 16.5 Å². The molecule has 0 aliphatic carbocycles. The van der Waals surface area contributed by atoms with Gasteiger partial charge in [0, 0.05) is 18.6 Å². The average Bonchev–Trinajstić information content (AvgIpc) is 3.04. The molecule has 0 spiro atoms. The quantitative estimate of drug-likeness (QED) is 0.745. The Bertz CT molecular complexity index is 971. The van der Waals surface area contributed by atoms with E-state index in [0.29, 0.717) is 11.0 Å². The van der Waals surface area contributed by atoms with Gasteiger partial charge in [0.2, 0.25) is 5.76 Å². The fraction of sp³-hybridized carbons (Fsp3) is 0.0769. The molecular formula is C13H12N4O4S. The van der Waals surface area contributed by atoms with E-state index in [0.717, 1.165) is 0 Å². The van der Waals surface area contributed by atoms with Gasteiger partial charge in [-0.05, 0) is 12.1 Å². The zero-order valence-electron chi connectivity index (χ0n) is 11.5. The summed E-state index contributed by atoms with van der Waals surface area (Å²) in [6.45, 7) is 0. The molecule has 0 atom stereocenters. The first-order valence-electron chi connectivity index (χ1n) is 6.20. The molecule has 1 aromatic carbocycles. The first-order chi connectivity index (χ1) is 10.4. The molecule has 1 amide bonds. The number of nitrogens with two attached hydrogens (primary N) is 1. The number of sulfonamides is 1. The summed E-state index contributed by atoms with van der Waals surface area (Å²) in [5.41, 5.74) is 5.62. The number of nitrogens with one attached hydrogen (secondary N) is 1. The number of anilines is 1. The van der Waals surface area contributed by atoms with Gasteiger partial charge in [-0.25, -0.2) is 4.98 Å². The third kappa shape index (κ3) is 2.31. The Morgan fingerprint density at radius 1 is 1.36 bits per heavy atom. The van der Waals surface area contributed by atoms with Crippen molar-refractivity contribution in [2.75, 3.05) is 4.72 Å². The maximum atomic E-state index is 12.4. The van der Waals surface area contributed by atoms with Crippen LogP contribution >= 0.6 is 0 Å². The summed E-state index contributed by atoms with van der Waals surface area (Å²) in [6, 6.07) is 6.64. The van der Waals surface area contributed by atoms with Crippen LogP contribution in [-0.4, -0.2) is 23.9 Å². The number of aryl methyl sites for hydroxylation is 1. The average molecular weight is 320 g/mol. The molecule has 3 N–H and O–H groups in total. The maximum Gasteiger partial charge on any atom is 0.286 e. The molecule has 114 valence electrons. The van der Waals surface area contributed by atoms with Crippen LogP contribution in [0, 0.1) is 0 Å². The van der Waals surface area contributed by atoms with Crippen molar-refractivity contribution in [1.82, 2.24) is 9.55 Å². The fourth-order valence-corrected chi connectivity index (χ4v) is 3.10. The standard InChI is InChI=1S/C13H12N4O4S/c1-17-6-10(15-7-17)22(19,20)16-11-8-4-2-3-5-9(8)21-12(11)13(14)18/h2-7,16H,1H3,(H2,14,18). The summed E-state index contributed by atoms with van der Waals surface area (Å²) in [5.74, 6) is -1.12. The van der Waals surface area contributed by atoms with Gasteiger partial charge in [0.25, 0.3) is 15.9 Å². The Morgan fingerprint density at radius 3 is 2.73 bits per heavy atom. The Labute approximate surface area is 125 Å². The number of benzene rings is 1. The predicted octanol–water partition coefficient (Wildman–Crippen LogP) is 1.07. The summed E-state index contributed by atoms with van der Waals surface area (Å²) < 4.78 is 33.8. The highest BCUT2D eigenvalue weighted by molar-refractivity contribution is 7.92. The summed E-state index contributed by atoms with van der Waals surface area (Å²) in [5, 5.41) is 0.270. The number of aromatic nitrogens is 2. The smallest absolute Gasteiger partial charge is 0.286 e. The molecule has 0 radical (unpaired) electrons. The number of amides is 1. The number of carbonyl (C=O) groups is 1. The number of furan rings is 1. The Morgan fingerprint density at radius 2 is 2.09 bits per heavy atom. The minimum atomic E-state index is -3.96. The van der Waals surface area contributed by atoms with Crippen molar-refractivity contribution in [3.63, 3.8) is 0 Å². The molecule has 2 aromatic heterocycles. The van der Waals surface area contributed by atoms with Gasteiger partial charge in [-0.2, -0.15) is 8.42 Å². The summed E-state index contributed by atoms with van der Waals surface area (Å²) in [6.07, 6.45) is 2.70. The van der Waals surface area contributed by atoms with Gasteiger partial charge in [0.1, 0.15) is 11.3 Å². The molecular weight excluding hydrogens is 308 g/mol. The molecule has 0 aliphatic rings. The second-order valence-electron chi connectivity index (χ2n) is 4.65. The number of para-hydroxylation sites is 1. The van der Waals surface area contributed by atoms with Crippen molar-refractivity contribution in [2.24, 2.45) is 12.8 Å². The number of nitrogens with zero attached hydrogens (tertiary/aromatic N) is 2. The van der Waals surface area contributed by atoms with Crippen LogP contribution in [-0.2, 0) is 17.1 Å². The van der Waals surface area contributed by atoms with Gasteiger partial charge in [-0.3, -0.25) is 9.52 Å². The lowest BCUT2D eigenvalue weighted by Gasteiger charge is -2.05. The van der Waals surface area contributed by atoms with E-state index >= 15 is 0 Å². The van der Waals surface area contributed by atoms with Crippen LogP contribution in [0.4, 0.5) is 5.69 Å². The summed E-state index contributed by atoms with van der Waals surface area (Å²) in [4.78, 5) is 15.3. The normalized spacial score (nSPS) is 11.7. The van der Waals surface area contributed by atoms with E-state index in [1.807, 2.05) is 0 Å². The van der Waals surface area contributed by atoms with Crippen LogP contribution in [0.25, 0.3) is 11.0 Å². The lowest BCUT2D eigenvalue weighted by atomic mass is 10.2. The van der Waals surface area contributed by atoms with Gasteiger partial charge in [0.05, 0.1) is 6.33 Å². The number of carbonyl (C=O) groups excluding carboxylic acids is 1. The molecule has 9 heteroatoms. The van der Waals surface area contributed by atoms with E-state index in [1.54, 1.807) is 31.3 Å². The van der Waals surface area contributed by atoms with E-state index < -0.39 is 15.9 Å². The van der Waals surface area contributed by atoms with Crippen molar-refractivity contribution >= 4 is 32.6 Å². The van der Waals surface area contributed by atoms with Crippen molar-refractivity contribution in [1.29, 1.82) is 0 Å². The van der Waals surface area contributed by atoms with E-state index in [2.05, 4.69) is 9.71 Å². The van der Waals surface area contributed by atoms with Crippen molar-refractivity contribution in [3.05, 3.63) is 42.5 Å². The maximum absolute atomic E-state index is 12.4. The number of hydrogen-bond acceptors (Lipinski definition) is 5.